The fourth-order valence-corrected chi connectivity index (χ4v) is 3.96. The molecule has 0 amide bonds. The Kier molecular flexibility index (Phi) is 8.76. The van der Waals surface area contributed by atoms with Gasteiger partial charge in [0.1, 0.15) is 44.2 Å². The molecule has 0 aromatic heterocycles. The predicted molar refractivity (Wildman–Crippen MR) is 121 cm³/mol. The Morgan fingerprint density at radius 3 is 2.77 bits per heavy atom. The second kappa shape index (κ2) is 11.7. The summed E-state index contributed by atoms with van der Waals surface area (Å²) in [6, 6.07) is 13.1. The first kappa shape index (κ1) is 23.1. The van der Waals surface area contributed by atoms with Crippen LogP contribution in [0.15, 0.2) is 48.5 Å². The number of phenolic OH excluding ortho intramolecular Hbond substituents is 1. The molecule has 1 fully saturated rings. The van der Waals surface area contributed by atoms with Gasteiger partial charge < -0.3 is 29.3 Å². The third-order valence-electron chi connectivity index (χ3n) is 5.47. The van der Waals surface area contributed by atoms with Crippen molar-refractivity contribution in [2.45, 2.75) is 38.5 Å². The van der Waals surface area contributed by atoms with Gasteiger partial charge in [0.05, 0.1) is 7.11 Å². The first-order chi connectivity index (χ1) is 15.1. The summed E-state index contributed by atoms with van der Waals surface area (Å²) in [7, 11) is 1.61. The summed E-state index contributed by atoms with van der Waals surface area (Å²) in [4.78, 5) is 1.15. The van der Waals surface area contributed by atoms with Crippen LogP contribution in [0.3, 0.4) is 0 Å². The van der Waals surface area contributed by atoms with Gasteiger partial charge in [-0.25, -0.2) is 0 Å². The van der Waals surface area contributed by atoms with Gasteiger partial charge in [0.25, 0.3) is 0 Å². The normalized spacial score (nSPS) is 18.2. The number of aliphatic hydroxyl groups excluding tert-OH is 1. The minimum absolute atomic E-state index is 0.162. The lowest BCUT2D eigenvalue weighted by Gasteiger charge is -2.25. The van der Waals surface area contributed by atoms with Crippen molar-refractivity contribution in [3.8, 4) is 17.2 Å². The lowest BCUT2D eigenvalue weighted by Crippen LogP contribution is -3.13. The summed E-state index contributed by atoms with van der Waals surface area (Å²) in [5.74, 6) is 1.53. The molecule has 2 aromatic carbocycles. The minimum Gasteiger partial charge on any atom is -0.507 e. The number of hydrogen-bond donors (Lipinski definition) is 3. The maximum atomic E-state index is 10.7. The number of allylic oxidation sites excluding steroid dienone is 1. The lowest BCUT2D eigenvalue weighted by molar-refractivity contribution is -0.919. The highest BCUT2D eigenvalue weighted by Gasteiger charge is 2.25. The van der Waals surface area contributed by atoms with Crippen LogP contribution in [0.5, 0.6) is 17.2 Å². The van der Waals surface area contributed by atoms with Crippen molar-refractivity contribution in [3.63, 3.8) is 0 Å². The third-order valence-corrected chi connectivity index (χ3v) is 5.47. The summed E-state index contributed by atoms with van der Waals surface area (Å²) in [5, 5.41) is 20.9. The van der Waals surface area contributed by atoms with E-state index in [9.17, 15) is 10.2 Å². The number of aliphatic hydroxyl groups is 1. The number of rotatable bonds is 11. The average Bonchev–Trinajstić information content (AvgIpc) is 3.27. The Morgan fingerprint density at radius 2 is 2.06 bits per heavy atom. The standard InChI is InChI=1S/C25H33NO5/c1-3-7-19-11-12-24(25(14-19)29-2)31-18-21(27)16-26(17-22-9-6-13-30-22)15-20-8-4-5-10-23(20)28/h3-5,7-8,10-12,14,21-22,27-28H,6,9,13,15-18H2,1-2H3/p+1/b7-3+/t21-,22+/m1/s1. The van der Waals surface area contributed by atoms with E-state index in [1.165, 1.54) is 0 Å². The van der Waals surface area contributed by atoms with Crippen LogP contribution < -0.4 is 14.4 Å². The van der Waals surface area contributed by atoms with E-state index in [2.05, 4.69) is 0 Å². The van der Waals surface area contributed by atoms with E-state index < -0.39 is 6.10 Å². The van der Waals surface area contributed by atoms with Crippen molar-refractivity contribution in [2.75, 3.05) is 33.4 Å². The molecule has 0 spiro atoms. The van der Waals surface area contributed by atoms with E-state index in [-0.39, 0.29) is 18.5 Å². The van der Waals surface area contributed by atoms with E-state index in [1.54, 1.807) is 13.2 Å². The highest BCUT2D eigenvalue weighted by Crippen LogP contribution is 2.28. The van der Waals surface area contributed by atoms with Gasteiger partial charge in [0, 0.05) is 12.2 Å². The molecule has 1 heterocycles. The molecule has 3 atom stereocenters. The van der Waals surface area contributed by atoms with Crippen molar-refractivity contribution in [1.82, 2.24) is 0 Å². The van der Waals surface area contributed by atoms with Crippen LogP contribution >= 0.6 is 0 Å². The minimum atomic E-state index is -0.665. The van der Waals surface area contributed by atoms with Crippen LogP contribution in [0.1, 0.15) is 30.9 Å². The molecule has 0 radical (unpaired) electrons. The first-order valence-electron chi connectivity index (χ1n) is 10.9. The smallest absolute Gasteiger partial charge is 0.161 e. The average molecular weight is 429 g/mol. The number of hydrogen-bond acceptors (Lipinski definition) is 5. The van der Waals surface area contributed by atoms with Gasteiger partial charge in [-0.15, -0.1) is 0 Å². The second-order valence-corrected chi connectivity index (χ2v) is 7.97. The highest BCUT2D eigenvalue weighted by molar-refractivity contribution is 5.55. The summed E-state index contributed by atoms with van der Waals surface area (Å²) in [6.45, 7) is 4.82. The van der Waals surface area contributed by atoms with Gasteiger partial charge in [0.15, 0.2) is 11.5 Å². The number of benzene rings is 2. The molecule has 1 unspecified atom stereocenters. The van der Waals surface area contributed by atoms with Crippen LogP contribution in [0.2, 0.25) is 0 Å². The molecule has 3 rings (SSSR count). The zero-order valence-electron chi connectivity index (χ0n) is 18.4. The molecular weight excluding hydrogens is 394 g/mol. The fraction of sp³-hybridized carbons (Fsp3) is 0.440. The SMILES string of the molecule is C/C=C/c1ccc(OC[C@H](O)C[NH+](Cc2ccccc2O)C[C@@H]2CCCO2)c(OC)c1. The number of para-hydroxylation sites is 1. The zero-order valence-corrected chi connectivity index (χ0v) is 18.4. The van der Waals surface area contributed by atoms with E-state index >= 15 is 0 Å². The number of quaternary nitrogens is 1. The van der Waals surface area contributed by atoms with E-state index in [1.807, 2.05) is 55.5 Å². The van der Waals surface area contributed by atoms with Gasteiger partial charge >= 0.3 is 0 Å². The molecular formula is C25H34NO5+. The topological polar surface area (TPSA) is 72.6 Å². The maximum Gasteiger partial charge on any atom is 0.161 e. The van der Waals surface area contributed by atoms with Crippen molar-refractivity contribution in [1.29, 1.82) is 0 Å². The van der Waals surface area contributed by atoms with Gasteiger partial charge in [0.2, 0.25) is 0 Å². The fourth-order valence-electron chi connectivity index (χ4n) is 3.96. The third kappa shape index (κ3) is 6.99. The molecule has 6 nitrogen and oxygen atoms in total. The Bertz CT molecular complexity index is 848. The van der Waals surface area contributed by atoms with Gasteiger partial charge in [-0.1, -0.05) is 30.4 Å². The molecule has 1 aliphatic rings. The highest BCUT2D eigenvalue weighted by atomic mass is 16.5. The van der Waals surface area contributed by atoms with Crippen molar-refractivity contribution in [2.24, 2.45) is 0 Å². The van der Waals surface area contributed by atoms with Gasteiger partial charge in [-0.05, 0) is 49.6 Å². The zero-order chi connectivity index (χ0) is 22.1. The molecule has 2 aromatic rings. The molecule has 1 saturated heterocycles. The Labute approximate surface area is 184 Å². The van der Waals surface area contributed by atoms with Crippen LogP contribution in [0.4, 0.5) is 0 Å². The Balaban J connectivity index is 1.61. The van der Waals surface area contributed by atoms with E-state index in [0.29, 0.717) is 24.6 Å². The summed E-state index contributed by atoms with van der Waals surface area (Å²) in [6.07, 6.45) is 5.59. The van der Waals surface area contributed by atoms with Gasteiger partial charge in [-0.3, -0.25) is 0 Å². The summed E-state index contributed by atoms with van der Waals surface area (Å²) in [5.41, 5.74) is 1.90. The molecule has 31 heavy (non-hydrogen) atoms. The van der Waals surface area contributed by atoms with E-state index in [4.69, 9.17) is 14.2 Å². The maximum absolute atomic E-state index is 10.7. The lowest BCUT2D eigenvalue weighted by atomic mass is 10.1. The first-order valence-corrected chi connectivity index (χ1v) is 10.9. The van der Waals surface area contributed by atoms with Gasteiger partial charge in [-0.2, -0.15) is 0 Å². The number of nitrogens with one attached hydrogen (secondary N) is 1. The second-order valence-electron chi connectivity index (χ2n) is 7.97. The largest absolute Gasteiger partial charge is 0.507 e. The number of methoxy groups -OCH3 is 1. The summed E-state index contributed by atoms with van der Waals surface area (Å²) >= 11 is 0. The molecule has 0 aliphatic carbocycles. The number of ether oxygens (including phenoxy) is 3. The van der Waals surface area contributed by atoms with Crippen molar-refractivity contribution < 1.29 is 29.3 Å². The molecule has 0 saturated carbocycles. The number of aromatic hydroxyl groups is 1. The van der Waals surface area contributed by atoms with Crippen LogP contribution in [-0.4, -0.2) is 55.8 Å². The van der Waals surface area contributed by atoms with Crippen molar-refractivity contribution in [3.05, 3.63) is 59.7 Å². The quantitative estimate of drug-likeness (QED) is 0.513. The Morgan fingerprint density at radius 1 is 1.23 bits per heavy atom. The molecule has 3 N–H and O–H groups in total. The molecule has 0 bridgehead atoms. The molecule has 6 heteroatoms. The number of phenols is 1. The Hall–Kier alpha value is -2.54. The van der Waals surface area contributed by atoms with Crippen LogP contribution in [0, 0.1) is 0 Å². The summed E-state index contributed by atoms with van der Waals surface area (Å²) < 4.78 is 17.1. The van der Waals surface area contributed by atoms with Crippen LogP contribution in [-0.2, 0) is 11.3 Å². The van der Waals surface area contributed by atoms with E-state index in [0.717, 1.165) is 42.0 Å². The molecule has 168 valence electrons. The van der Waals surface area contributed by atoms with Crippen LogP contribution in [0.25, 0.3) is 6.08 Å². The predicted octanol–water partition coefficient (Wildman–Crippen LogP) is 2.44. The molecule has 1 aliphatic heterocycles. The monoisotopic (exact) mass is 428 g/mol. The van der Waals surface area contributed by atoms with Crippen molar-refractivity contribution >= 4 is 6.08 Å².